The van der Waals surface area contributed by atoms with Gasteiger partial charge in [-0.15, -0.1) is 0 Å². The monoisotopic (exact) mass is 186 g/mol. The second kappa shape index (κ2) is 3.31. The van der Waals surface area contributed by atoms with Gasteiger partial charge >= 0.3 is 5.00 Å². The third-order valence-corrected chi connectivity index (χ3v) is 2.24. The van der Waals surface area contributed by atoms with Crippen LogP contribution in [0.5, 0.6) is 0 Å². The molecule has 1 N–H and O–H groups in total. The van der Waals surface area contributed by atoms with Crippen LogP contribution in [0.1, 0.15) is 4.88 Å². The minimum atomic E-state index is -0.489. The van der Waals surface area contributed by atoms with Crippen LogP contribution in [0, 0.1) is 15.5 Å². The zero-order chi connectivity index (χ0) is 9.14. The Morgan fingerprint density at radius 3 is 2.83 bits per heavy atom. The minimum absolute atomic E-state index is 0.0202. The Bertz CT molecular complexity index is 320. The van der Waals surface area contributed by atoms with Gasteiger partial charge < -0.3 is 4.74 Å². The lowest BCUT2D eigenvalue weighted by molar-refractivity contribution is -0.380. The predicted molar refractivity (Wildman–Crippen MR) is 44.8 cm³/mol. The highest BCUT2D eigenvalue weighted by Crippen LogP contribution is 2.23. The van der Waals surface area contributed by atoms with Gasteiger partial charge in [0, 0.05) is 6.07 Å². The number of nitrogens with zero attached hydrogens (tertiary/aromatic N) is 1. The molecule has 0 spiro atoms. The molecular formula is C6H6N2O3S. The van der Waals surface area contributed by atoms with Gasteiger partial charge in [0.1, 0.15) is 0 Å². The largest absolute Gasteiger partial charge is 0.480 e. The van der Waals surface area contributed by atoms with Crippen LogP contribution in [0.3, 0.4) is 0 Å². The Hall–Kier alpha value is -1.43. The molecule has 0 unspecified atom stereocenters. The third-order valence-electron chi connectivity index (χ3n) is 1.20. The van der Waals surface area contributed by atoms with Crippen LogP contribution in [-0.2, 0) is 4.74 Å². The molecule has 1 rings (SSSR count). The molecule has 5 nitrogen and oxygen atoms in total. The van der Waals surface area contributed by atoms with Gasteiger partial charge in [0.05, 0.1) is 16.9 Å². The van der Waals surface area contributed by atoms with Crippen LogP contribution < -0.4 is 0 Å². The number of hydrogen-bond acceptors (Lipinski definition) is 5. The number of nitrogens with one attached hydrogen (secondary N) is 1. The summed E-state index contributed by atoms with van der Waals surface area (Å²) in [5, 5.41) is 17.4. The summed E-state index contributed by atoms with van der Waals surface area (Å²) in [5.74, 6) is -0.0481. The highest BCUT2D eigenvalue weighted by atomic mass is 32.1. The van der Waals surface area contributed by atoms with Crippen LogP contribution >= 0.6 is 11.3 Å². The summed E-state index contributed by atoms with van der Waals surface area (Å²) in [6.45, 7) is 0. The summed E-state index contributed by atoms with van der Waals surface area (Å²) in [6.07, 6.45) is 0. The molecule has 0 fully saturated rings. The van der Waals surface area contributed by atoms with E-state index in [-0.39, 0.29) is 10.9 Å². The Kier molecular flexibility index (Phi) is 2.39. The maximum absolute atomic E-state index is 10.2. The number of thiophene rings is 1. The molecule has 0 aliphatic heterocycles. The Morgan fingerprint density at radius 2 is 2.42 bits per heavy atom. The highest BCUT2D eigenvalue weighted by Gasteiger charge is 2.12. The van der Waals surface area contributed by atoms with E-state index in [9.17, 15) is 10.1 Å². The summed E-state index contributed by atoms with van der Waals surface area (Å²) in [4.78, 5) is 10.2. The molecule has 0 saturated heterocycles. The summed E-state index contributed by atoms with van der Waals surface area (Å²) < 4.78 is 4.60. The van der Waals surface area contributed by atoms with E-state index in [4.69, 9.17) is 5.41 Å². The van der Waals surface area contributed by atoms with Gasteiger partial charge in [0.15, 0.2) is 0 Å². The molecule has 1 aromatic rings. The van der Waals surface area contributed by atoms with E-state index in [1.165, 1.54) is 19.2 Å². The molecule has 0 radical (unpaired) electrons. The number of hydrogen-bond donors (Lipinski definition) is 1. The molecule has 0 saturated carbocycles. The highest BCUT2D eigenvalue weighted by molar-refractivity contribution is 7.17. The molecule has 0 aromatic carbocycles. The fourth-order valence-corrected chi connectivity index (χ4v) is 1.40. The van der Waals surface area contributed by atoms with Crippen LogP contribution in [0.15, 0.2) is 12.1 Å². The van der Waals surface area contributed by atoms with Crippen molar-refractivity contribution in [2.24, 2.45) is 0 Å². The maximum atomic E-state index is 10.2. The molecular weight excluding hydrogens is 180 g/mol. The maximum Gasteiger partial charge on any atom is 0.324 e. The fraction of sp³-hybridized carbons (Fsp3) is 0.167. The summed E-state index contributed by atoms with van der Waals surface area (Å²) in [6, 6.07) is 2.85. The average Bonchev–Trinajstić information content (AvgIpc) is 2.51. The van der Waals surface area contributed by atoms with Gasteiger partial charge in [-0.25, -0.2) is 0 Å². The molecule has 1 aromatic heterocycles. The van der Waals surface area contributed by atoms with E-state index < -0.39 is 4.92 Å². The SMILES string of the molecule is COC(=N)c1ccc([N+](=O)[O-])s1. The average molecular weight is 186 g/mol. The molecule has 12 heavy (non-hydrogen) atoms. The first-order valence-corrected chi connectivity index (χ1v) is 3.84. The molecule has 0 bridgehead atoms. The van der Waals surface area contributed by atoms with Gasteiger partial charge in [0.2, 0.25) is 5.90 Å². The van der Waals surface area contributed by atoms with E-state index in [0.29, 0.717) is 4.88 Å². The van der Waals surface area contributed by atoms with Gasteiger partial charge in [0.25, 0.3) is 0 Å². The van der Waals surface area contributed by atoms with E-state index in [2.05, 4.69) is 4.74 Å². The van der Waals surface area contributed by atoms with E-state index in [1.54, 1.807) is 0 Å². The Balaban J connectivity index is 2.91. The predicted octanol–water partition coefficient (Wildman–Crippen LogP) is 1.63. The van der Waals surface area contributed by atoms with Crippen molar-refractivity contribution in [2.45, 2.75) is 0 Å². The van der Waals surface area contributed by atoms with Crippen molar-refractivity contribution >= 4 is 22.2 Å². The van der Waals surface area contributed by atoms with Crippen LogP contribution in [0.2, 0.25) is 0 Å². The summed E-state index contributed by atoms with van der Waals surface area (Å²) >= 11 is 0.925. The third kappa shape index (κ3) is 1.59. The van der Waals surface area contributed by atoms with Crippen molar-refractivity contribution in [2.75, 3.05) is 7.11 Å². The first-order chi connectivity index (χ1) is 5.65. The zero-order valence-corrected chi connectivity index (χ0v) is 7.05. The molecule has 64 valence electrons. The molecule has 0 amide bonds. The molecule has 1 heterocycles. The second-order valence-corrected chi connectivity index (χ2v) is 2.99. The topological polar surface area (TPSA) is 76.2 Å². The van der Waals surface area contributed by atoms with Crippen LogP contribution in [0.4, 0.5) is 5.00 Å². The van der Waals surface area contributed by atoms with Crippen molar-refractivity contribution in [3.63, 3.8) is 0 Å². The number of ether oxygens (including phenoxy) is 1. The smallest absolute Gasteiger partial charge is 0.324 e. The number of nitro groups is 1. The first kappa shape index (κ1) is 8.66. The fourth-order valence-electron chi connectivity index (χ4n) is 0.648. The molecule has 0 aliphatic rings. The second-order valence-electron chi connectivity index (χ2n) is 1.93. The molecule has 0 atom stereocenters. The lowest BCUT2D eigenvalue weighted by atomic mass is 10.5. The normalized spacial score (nSPS) is 9.42. The van der Waals surface area contributed by atoms with Gasteiger partial charge in [-0.2, -0.15) is 0 Å². The van der Waals surface area contributed by atoms with Crippen LogP contribution in [0.25, 0.3) is 0 Å². The van der Waals surface area contributed by atoms with Gasteiger partial charge in [-0.1, -0.05) is 11.3 Å². The van der Waals surface area contributed by atoms with Crippen molar-refractivity contribution in [1.29, 1.82) is 5.41 Å². The van der Waals surface area contributed by atoms with Gasteiger partial charge in [-0.3, -0.25) is 15.5 Å². The zero-order valence-electron chi connectivity index (χ0n) is 6.23. The van der Waals surface area contributed by atoms with E-state index in [0.717, 1.165) is 11.3 Å². The van der Waals surface area contributed by atoms with E-state index in [1.807, 2.05) is 0 Å². The summed E-state index contributed by atoms with van der Waals surface area (Å²) in [5.41, 5.74) is 0. The van der Waals surface area contributed by atoms with E-state index >= 15 is 0 Å². The quantitative estimate of drug-likeness (QED) is 0.330. The lowest BCUT2D eigenvalue weighted by Crippen LogP contribution is -1.96. The molecule has 0 aliphatic carbocycles. The lowest BCUT2D eigenvalue weighted by Gasteiger charge is -1.94. The molecule has 6 heteroatoms. The van der Waals surface area contributed by atoms with Crippen molar-refractivity contribution < 1.29 is 9.66 Å². The van der Waals surface area contributed by atoms with Crippen molar-refractivity contribution in [1.82, 2.24) is 0 Å². The summed E-state index contributed by atoms with van der Waals surface area (Å²) in [7, 11) is 1.36. The van der Waals surface area contributed by atoms with Crippen molar-refractivity contribution in [3.05, 3.63) is 27.1 Å². The number of methoxy groups -OCH3 is 1. The number of rotatable bonds is 2. The van der Waals surface area contributed by atoms with Crippen molar-refractivity contribution in [3.8, 4) is 0 Å². The minimum Gasteiger partial charge on any atom is -0.480 e. The van der Waals surface area contributed by atoms with Gasteiger partial charge in [-0.05, 0) is 6.07 Å². The van der Waals surface area contributed by atoms with Crippen LogP contribution in [-0.4, -0.2) is 17.9 Å². The Morgan fingerprint density at radius 1 is 1.75 bits per heavy atom. The Labute approximate surface area is 72.3 Å². The first-order valence-electron chi connectivity index (χ1n) is 3.02. The standard InChI is InChI=1S/C6H6N2O3S/c1-11-6(7)4-2-3-5(12-4)8(9)10/h2-3,7H,1H3.